The fourth-order valence-electron chi connectivity index (χ4n) is 1.45. The number of hydrogen-bond acceptors (Lipinski definition) is 2. The number of carbonyl (C=O) groups is 2. The highest BCUT2D eigenvalue weighted by Gasteiger charge is 2.36. The van der Waals surface area contributed by atoms with Gasteiger partial charge in [0, 0.05) is 11.1 Å². The van der Waals surface area contributed by atoms with E-state index in [4.69, 9.17) is 0 Å². The van der Waals surface area contributed by atoms with Gasteiger partial charge in [-0.05, 0) is 20.8 Å². The Labute approximate surface area is 72.0 Å². The monoisotopic (exact) mass is 164 g/mol. The summed E-state index contributed by atoms with van der Waals surface area (Å²) in [5.74, 6) is -0.561. The van der Waals surface area contributed by atoms with E-state index in [0.717, 1.165) is 0 Å². The van der Waals surface area contributed by atoms with Gasteiger partial charge in [0.05, 0.1) is 5.92 Å². The van der Waals surface area contributed by atoms with Crippen LogP contribution in [0.1, 0.15) is 20.8 Å². The van der Waals surface area contributed by atoms with Crippen molar-refractivity contribution in [3.8, 4) is 0 Å². The van der Waals surface area contributed by atoms with E-state index < -0.39 is 5.92 Å². The number of carbonyl (C=O) groups excluding carboxylic acids is 2. The summed E-state index contributed by atoms with van der Waals surface area (Å²) < 4.78 is 0. The average molecular weight is 164 g/mol. The van der Waals surface area contributed by atoms with Crippen LogP contribution >= 0.6 is 0 Å². The van der Waals surface area contributed by atoms with Crippen molar-refractivity contribution in [3.05, 3.63) is 23.3 Å². The van der Waals surface area contributed by atoms with Crippen molar-refractivity contribution in [2.75, 3.05) is 0 Å². The zero-order valence-electron chi connectivity index (χ0n) is 7.55. The van der Waals surface area contributed by atoms with E-state index in [1.807, 2.05) is 0 Å². The van der Waals surface area contributed by atoms with E-state index in [1.54, 1.807) is 32.9 Å². The lowest BCUT2D eigenvalue weighted by molar-refractivity contribution is -0.124. The van der Waals surface area contributed by atoms with E-state index in [0.29, 0.717) is 11.1 Å². The molecule has 2 nitrogen and oxygen atoms in total. The number of rotatable bonds is 0. The molecule has 0 bridgehead atoms. The van der Waals surface area contributed by atoms with E-state index in [-0.39, 0.29) is 11.6 Å². The minimum atomic E-state index is -0.470. The Balaban J connectivity index is 3.22. The van der Waals surface area contributed by atoms with Crippen LogP contribution < -0.4 is 0 Å². The molecule has 0 aromatic heterocycles. The van der Waals surface area contributed by atoms with Gasteiger partial charge in [0.25, 0.3) is 0 Å². The largest absolute Gasteiger partial charge is 0.293 e. The Morgan fingerprint density at radius 1 is 1.00 bits per heavy atom. The molecule has 0 aromatic carbocycles. The van der Waals surface area contributed by atoms with Crippen molar-refractivity contribution in [2.24, 2.45) is 5.92 Å². The molecule has 0 amide bonds. The summed E-state index contributed by atoms with van der Waals surface area (Å²) in [6.45, 7) is 5.22. The molecule has 0 radical (unpaired) electrons. The first-order valence-corrected chi connectivity index (χ1v) is 4.04. The number of hydrogen-bond donors (Lipinski definition) is 0. The molecule has 64 valence electrons. The number of allylic oxidation sites excluding steroid dienone is 4. The SMILES string of the molecule is C/C=C1/C(=O)C(C)C(=O)/C1=C/C. The third-order valence-corrected chi connectivity index (χ3v) is 2.19. The van der Waals surface area contributed by atoms with Gasteiger partial charge in [-0.25, -0.2) is 0 Å². The average Bonchev–Trinajstić information content (AvgIpc) is 2.29. The molecule has 0 saturated heterocycles. The van der Waals surface area contributed by atoms with Gasteiger partial charge in [-0.3, -0.25) is 9.59 Å². The molecular weight excluding hydrogens is 152 g/mol. The van der Waals surface area contributed by atoms with Gasteiger partial charge in [0.2, 0.25) is 0 Å². The summed E-state index contributed by atoms with van der Waals surface area (Å²) in [6.07, 6.45) is 3.41. The summed E-state index contributed by atoms with van der Waals surface area (Å²) in [5.41, 5.74) is 1.16. The van der Waals surface area contributed by atoms with Crippen molar-refractivity contribution in [1.82, 2.24) is 0 Å². The van der Waals surface area contributed by atoms with Crippen LogP contribution in [0.2, 0.25) is 0 Å². The van der Waals surface area contributed by atoms with Crippen LogP contribution in [0.4, 0.5) is 0 Å². The smallest absolute Gasteiger partial charge is 0.173 e. The highest BCUT2D eigenvalue weighted by Crippen LogP contribution is 2.28. The molecule has 0 aliphatic heterocycles. The minimum absolute atomic E-state index is 0.0457. The Morgan fingerprint density at radius 2 is 1.33 bits per heavy atom. The molecule has 12 heavy (non-hydrogen) atoms. The minimum Gasteiger partial charge on any atom is -0.293 e. The molecule has 1 rings (SSSR count). The van der Waals surface area contributed by atoms with Gasteiger partial charge in [-0.1, -0.05) is 12.2 Å². The van der Waals surface area contributed by atoms with Gasteiger partial charge < -0.3 is 0 Å². The van der Waals surface area contributed by atoms with Gasteiger partial charge in [0.15, 0.2) is 11.6 Å². The van der Waals surface area contributed by atoms with Crippen molar-refractivity contribution in [3.63, 3.8) is 0 Å². The standard InChI is InChI=1S/C10H12O2/c1-4-7-8(5-2)10(12)6(3)9(7)11/h4-6H,1-3H3/b7-4+,8-5+. The van der Waals surface area contributed by atoms with Crippen molar-refractivity contribution in [2.45, 2.75) is 20.8 Å². The first kappa shape index (κ1) is 8.91. The molecule has 1 aliphatic rings. The maximum absolute atomic E-state index is 11.4. The number of Topliss-reactive ketones (excluding diaryl/α,β-unsaturated/α-hetero) is 2. The topological polar surface area (TPSA) is 34.1 Å². The van der Waals surface area contributed by atoms with E-state index >= 15 is 0 Å². The van der Waals surface area contributed by atoms with Crippen LogP contribution in [-0.2, 0) is 9.59 Å². The molecule has 0 N–H and O–H groups in total. The van der Waals surface area contributed by atoms with E-state index in [2.05, 4.69) is 0 Å². The molecule has 0 unspecified atom stereocenters. The molecule has 2 heteroatoms. The third-order valence-electron chi connectivity index (χ3n) is 2.19. The lowest BCUT2D eigenvalue weighted by Gasteiger charge is -1.92. The zero-order valence-corrected chi connectivity index (χ0v) is 7.55. The summed E-state index contributed by atoms with van der Waals surface area (Å²) in [4.78, 5) is 22.8. The fraction of sp³-hybridized carbons (Fsp3) is 0.400. The first-order valence-electron chi connectivity index (χ1n) is 4.04. The van der Waals surface area contributed by atoms with Crippen LogP contribution in [0.25, 0.3) is 0 Å². The second kappa shape index (κ2) is 3.05. The summed E-state index contributed by atoms with van der Waals surface area (Å²) in [5, 5.41) is 0. The van der Waals surface area contributed by atoms with Crippen LogP contribution in [0, 0.1) is 5.92 Å². The van der Waals surface area contributed by atoms with Gasteiger partial charge in [0.1, 0.15) is 0 Å². The van der Waals surface area contributed by atoms with Crippen LogP contribution in [0.15, 0.2) is 23.3 Å². The van der Waals surface area contributed by atoms with E-state index in [9.17, 15) is 9.59 Å². The number of ketones is 2. The lowest BCUT2D eigenvalue weighted by Crippen LogP contribution is -2.09. The normalized spacial score (nSPS) is 26.2. The van der Waals surface area contributed by atoms with Crippen molar-refractivity contribution in [1.29, 1.82) is 0 Å². The Hall–Kier alpha value is -1.18. The zero-order chi connectivity index (χ0) is 9.30. The molecule has 1 saturated carbocycles. The van der Waals surface area contributed by atoms with Gasteiger partial charge in [-0.2, -0.15) is 0 Å². The summed E-state index contributed by atoms with van der Waals surface area (Å²) >= 11 is 0. The Bertz CT molecular complexity index is 265. The molecule has 1 fully saturated rings. The van der Waals surface area contributed by atoms with Gasteiger partial charge >= 0.3 is 0 Å². The van der Waals surface area contributed by atoms with Crippen molar-refractivity contribution < 1.29 is 9.59 Å². The molecule has 1 aliphatic carbocycles. The molecule has 0 heterocycles. The molecule has 0 atom stereocenters. The van der Waals surface area contributed by atoms with E-state index in [1.165, 1.54) is 0 Å². The Morgan fingerprint density at radius 3 is 1.58 bits per heavy atom. The second-order valence-electron chi connectivity index (χ2n) is 2.85. The maximum Gasteiger partial charge on any atom is 0.173 e. The van der Waals surface area contributed by atoms with Crippen LogP contribution in [-0.4, -0.2) is 11.6 Å². The quantitative estimate of drug-likeness (QED) is 0.403. The fourth-order valence-corrected chi connectivity index (χ4v) is 1.45. The lowest BCUT2D eigenvalue weighted by atomic mass is 10.1. The molecule has 0 aromatic rings. The second-order valence-corrected chi connectivity index (χ2v) is 2.85. The molecule has 0 spiro atoms. The highest BCUT2D eigenvalue weighted by atomic mass is 16.2. The van der Waals surface area contributed by atoms with Crippen LogP contribution in [0.5, 0.6) is 0 Å². The highest BCUT2D eigenvalue weighted by molar-refractivity contribution is 6.29. The van der Waals surface area contributed by atoms with Crippen molar-refractivity contribution >= 4 is 11.6 Å². The first-order chi connectivity index (χ1) is 5.63. The Kier molecular flexibility index (Phi) is 2.27. The van der Waals surface area contributed by atoms with Crippen LogP contribution in [0.3, 0.4) is 0 Å². The predicted molar refractivity (Wildman–Crippen MR) is 46.7 cm³/mol. The maximum atomic E-state index is 11.4. The van der Waals surface area contributed by atoms with Gasteiger partial charge in [-0.15, -0.1) is 0 Å². The predicted octanol–water partition coefficient (Wildman–Crippen LogP) is 1.67. The summed E-state index contributed by atoms with van der Waals surface area (Å²) in [6, 6.07) is 0. The molecular formula is C10H12O2. The summed E-state index contributed by atoms with van der Waals surface area (Å²) in [7, 11) is 0. The third kappa shape index (κ3) is 1.04.